The molecule has 0 aliphatic rings. The summed E-state index contributed by atoms with van der Waals surface area (Å²) in [4.78, 5) is 5.02. The molecular formula is C11H16N2O2. The van der Waals surface area contributed by atoms with E-state index in [-0.39, 0.29) is 6.61 Å². The van der Waals surface area contributed by atoms with Crippen LogP contribution in [0.4, 0.5) is 5.69 Å². The number of nitrogen functional groups attached to an aromatic ring is 1. The van der Waals surface area contributed by atoms with Gasteiger partial charge in [-0.1, -0.05) is 23.4 Å². The standard InChI is InChI=1S/C11H16N2O2/c1-9(13-15-8-4-7-14)10-5-2-3-6-11(10)12/h2-3,5-6,14H,4,7-8,12H2,1H3. The van der Waals surface area contributed by atoms with Crippen LogP contribution in [0.2, 0.25) is 0 Å². The summed E-state index contributed by atoms with van der Waals surface area (Å²) in [5, 5.41) is 12.5. The monoisotopic (exact) mass is 208 g/mol. The maximum absolute atomic E-state index is 8.54. The smallest absolute Gasteiger partial charge is 0.119 e. The van der Waals surface area contributed by atoms with Crippen LogP contribution in [-0.4, -0.2) is 24.0 Å². The topological polar surface area (TPSA) is 67.8 Å². The van der Waals surface area contributed by atoms with Gasteiger partial charge in [-0.15, -0.1) is 0 Å². The Kier molecular flexibility index (Phi) is 4.63. The van der Waals surface area contributed by atoms with Crippen molar-refractivity contribution in [2.75, 3.05) is 18.9 Å². The highest BCUT2D eigenvalue weighted by Gasteiger charge is 2.01. The first-order chi connectivity index (χ1) is 7.25. The SMILES string of the molecule is CC(=NOCCCO)c1ccccc1N. The van der Waals surface area contributed by atoms with E-state index in [1.54, 1.807) is 0 Å². The molecule has 0 spiro atoms. The third-order valence-corrected chi connectivity index (χ3v) is 1.95. The van der Waals surface area contributed by atoms with Gasteiger partial charge in [-0.3, -0.25) is 0 Å². The normalized spacial score (nSPS) is 11.5. The molecule has 0 aliphatic heterocycles. The van der Waals surface area contributed by atoms with E-state index < -0.39 is 0 Å². The van der Waals surface area contributed by atoms with Gasteiger partial charge in [0.25, 0.3) is 0 Å². The zero-order valence-corrected chi connectivity index (χ0v) is 8.81. The van der Waals surface area contributed by atoms with Gasteiger partial charge < -0.3 is 15.7 Å². The second kappa shape index (κ2) is 6.03. The molecule has 0 amide bonds. The predicted molar refractivity (Wildman–Crippen MR) is 60.7 cm³/mol. The number of para-hydroxylation sites is 1. The molecule has 15 heavy (non-hydrogen) atoms. The number of rotatable bonds is 5. The average molecular weight is 208 g/mol. The Balaban J connectivity index is 2.60. The van der Waals surface area contributed by atoms with Crippen molar-refractivity contribution >= 4 is 11.4 Å². The third-order valence-electron chi connectivity index (χ3n) is 1.95. The van der Waals surface area contributed by atoms with Crippen LogP contribution in [0.15, 0.2) is 29.4 Å². The molecule has 1 aromatic carbocycles. The first kappa shape index (κ1) is 11.5. The molecule has 0 aromatic heterocycles. The second-order valence-electron chi connectivity index (χ2n) is 3.17. The van der Waals surface area contributed by atoms with Crippen molar-refractivity contribution in [1.29, 1.82) is 0 Å². The van der Waals surface area contributed by atoms with Gasteiger partial charge in [0.1, 0.15) is 6.61 Å². The van der Waals surface area contributed by atoms with Crippen molar-refractivity contribution in [3.63, 3.8) is 0 Å². The predicted octanol–water partition coefficient (Wildman–Crippen LogP) is 1.39. The van der Waals surface area contributed by atoms with Gasteiger partial charge in [0.05, 0.1) is 5.71 Å². The minimum Gasteiger partial charge on any atom is -0.398 e. The van der Waals surface area contributed by atoms with Gasteiger partial charge in [-0.2, -0.15) is 0 Å². The van der Waals surface area contributed by atoms with Gasteiger partial charge in [-0.05, 0) is 13.0 Å². The van der Waals surface area contributed by atoms with Gasteiger partial charge in [0, 0.05) is 24.3 Å². The fraction of sp³-hybridized carbons (Fsp3) is 0.364. The van der Waals surface area contributed by atoms with E-state index >= 15 is 0 Å². The van der Waals surface area contributed by atoms with Gasteiger partial charge in [0.2, 0.25) is 0 Å². The van der Waals surface area contributed by atoms with Crippen LogP contribution in [0.25, 0.3) is 0 Å². The number of aliphatic hydroxyl groups is 1. The van der Waals surface area contributed by atoms with E-state index in [1.165, 1.54) is 0 Å². The van der Waals surface area contributed by atoms with Crippen molar-refractivity contribution in [3.8, 4) is 0 Å². The average Bonchev–Trinajstić information content (AvgIpc) is 2.25. The first-order valence-electron chi connectivity index (χ1n) is 4.88. The van der Waals surface area contributed by atoms with E-state index in [1.807, 2.05) is 31.2 Å². The summed E-state index contributed by atoms with van der Waals surface area (Å²) >= 11 is 0. The number of benzene rings is 1. The Bertz CT molecular complexity index is 337. The van der Waals surface area contributed by atoms with E-state index in [0.29, 0.717) is 18.7 Å². The quantitative estimate of drug-likeness (QED) is 0.332. The van der Waals surface area contributed by atoms with Crippen molar-refractivity contribution in [1.82, 2.24) is 0 Å². The van der Waals surface area contributed by atoms with Crippen LogP contribution >= 0.6 is 0 Å². The highest BCUT2D eigenvalue weighted by Crippen LogP contribution is 2.11. The van der Waals surface area contributed by atoms with Crippen LogP contribution in [0.5, 0.6) is 0 Å². The van der Waals surface area contributed by atoms with Crippen molar-refractivity contribution in [3.05, 3.63) is 29.8 Å². The molecule has 1 aromatic rings. The second-order valence-corrected chi connectivity index (χ2v) is 3.17. The number of oxime groups is 1. The molecule has 0 radical (unpaired) electrons. The van der Waals surface area contributed by atoms with E-state index in [4.69, 9.17) is 15.7 Å². The molecule has 0 atom stereocenters. The molecule has 0 bridgehead atoms. The number of hydrogen-bond donors (Lipinski definition) is 2. The van der Waals surface area contributed by atoms with Crippen molar-refractivity contribution < 1.29 is 9.94 Å². The lowest BCUT2D eigenvalue weighted by Crippen LogP contribution is -2.02. The summed E-state index contributed by atoms with van der Waals surface area (Å²) in [6, 6.07) is 7.49. The zero-order chi connectivity index (χ0) is 11.1. The summed E-state index contributed by atoms with van der Waals surface area (Å²) < 4.78 is 0. The number of aliphatic hydroxyl groups excluding tert-OH is 1. The van der Waals surface area contributed by atoms with E-state index in [9.17, 15) is 0 Å². The van der Waals surface area contributed by atoms with E-state index in [2.05, 4.69) is 5.16 Å². The van der Waals surface area contributed by atoms with Crippen LogP contribution < -0.4 is 5.73 Å². The highest BCUT2D eigenvalue weighted by molar-refractivity contribution is 6.02. The fourth-order valence-corrected chi connectivity index (χ4v) is 1.15. The van der Waals surface area contributed by atoms with Crippen LogP contribution in [0.1, 0.15) is 18.9 Å². The van der Waals surface area contributed by atoms with Gasteiger partial charge in [-0.25, -0.2) is 0 Å². The molecule has 3 N–H and O–H groups in total. The molecule has 82 valence electrons. The Hall–Kier alpha value is -1.55. The molecule has 0 unspecified atom stereocenters. The molecule has 0 heterocycles. The largest absolute Gasteiger partial charge is 0.398 e. The number of hydrogen-bond acceptors (Lipinski definition) is 4. The maximum Gasteiger partial charge on any atom is 0.119 e. The maximum atomic E-state index is 8.54. The molecule has 0 saturated carbocycles. The summed E-state index contributed by atoms with van der Waals surface area (Å²) in [6.07, 6.45) is 0.584. The third kappa shape index (κ3) is 3.59. The van der Waals surface area contributed by atoms with Crippen LogP contribution in [0, 0.1) is 0 Å². The fourth-order valence-electron chi connectivity index (χ4n) is 1.15. The number of nitrogens with zero attached hydrogens (tertiary/aromatic N) is 1. The first-order valence-corrected chi connectivity index (χ1v) is 4.88. The van der Waals surface area contributed by atoms with Crippen molar-refractivity contribution in [2.24, 2.45) is 5.16 Å². The minimum atomic E-state index is 0.113. The Morgan fingerprint density at radius 2 is 2.20 bits per heavy atom. The summed E-state index contributed by atoms with van der Waals surface area (Å²) in [5.41, 5.74) is 8.08. The molecule has 0 aliphatic carbocycles. The molecule has 4 nitrogen and oxygen atoms in total. The summed E-state index contributed by atoms with van der Waals surface area (Å²) in [5.74, 6) is 0. The van der Waals surface area contributed by atoms with Gasteiger partial charge >= 0.3 is 0 Å². The van der Waals surface area contributed by atoms with Crippen molar-refractivity contribution in [2.45, 2.75) is 13.3 Å². The molecule has 1 rings (SSSR count). The van der Waals surface area contributed by atoms with Gasteiger partial charge in [0.15, 0.2) is 0 Å². The lowest BCUT2D eigenvalue weighted by Gasteiger charge is -2.04. The highest BCUT2D eigenvalue weighted by atomic mass is 16.6. The van der Waals surface area contributed by atoms with Crippen LogP contribution in [0.3, 0.4) is 0 Å². The van der Waals surface area contributed by atoms with E-state index in [0.717, 1.165) is 11.3 Å². The summed E-state index contributed by atoms with van der Waals surface area (Å²) in [6.45, 7) is 2.37. The number of nitrogens with two attached hydrogens (primary N) is 1. The Morgan fingerprint density at radius 3 is 2.87 bits per heavy atom. The molecule has 4 heteroatoms. The summed E-state index contributed by atoms with van der Waals surface area (Å²) in [7, 11) is 0. The lowest BCUT2D eigenvalue weighted by atomic mass is 10.1. The minimum absolute atomic E-state index is 0.113. The Labute approximate surface area is 89.4 Å². The molecular weight excluding hydrogens is 192 g/mol. The molecule has 0 saturated heterocycles. The zero-order valence-electron chi connectivity index (χ0n) is 8.81. The number of anilines is 1. The Morgan fingerprint density at radius 1 is 1.47 bits per heavy atom. The van der Waals surface area contributed by atoms with Crippen LogP contribution in [-0.2, 0) is 4.84 Å². The lowest BCUT2D eigenvalue weighted by molar-refractivity contribution is 0.124. The molecule has 0 fully saturated rings.